The highest BCUT2D eigenvalue weighted by Gasteiger charge is 2.38. The summed E-state index contributed by atoms with van der Waals surface area (Å²) in [4.78, 5) is 2.54. The molecule has 1 nitrogen and oxygen atoms in total. The first-order valence-corrected chi connectivity index (χ1v) is 20.3. The summed E-state index contributed by atoms with van der Waals surface area (Å²) in [7, 11) is 0. The molecule has 0 N–H and O–H groups in total. The van der Waals surface area contributed by atoms with Crippen LogP contribution in [0.25, 0.3) is 77.9 Å². The van der Waals surface area contributed by atoms with E-state index in [1.807, 2.05) is 0 Å². The Hall–Kier alpha value is -7.22. The van der Waals surface area contributed by atoms with Gasteiger partial charge in [0.25, 0.3) is 0 Å². The van der Waals surface area contributed by atoms with Crippen molar-refractivity contribution in [2.75, 3.05) is 4.90 Å². The fourth-order valence-electron chi connectivity index (χ4n) is 9.71. The molecule has 0 fully saturated rings. The van der Waals surface area contributed by atoms with Crippen LogP contribution in [-0.4, -0.2) is 0 Å². The van der Waals surface area contributed by atoms with Crippen molar-refractivity contribution >= 4 is 17.1 Å². The van der Waals surface area contributed by atoms with E-state index in [2.05, 4.69) is 231 Å². The van der Waals surface area contributed by atoms with Gasteiger partial charge in [-0.15, -0.1) is 0 Å². The van der Waals surface area contributed by atoms with Gasteiger partial charge < -0.3 is 4.90 Å². The maximum absolute atomic E-state index is 2.54. The van der Waals surface area contributed by atoms with Crippen molar-refractivity contribution in [3.8, 4) is 77.9 Å². The van der Waals surface area contributed by atoms with Crippen LogP contribution in [-0.2, 0) is 5.41 Å². The average molecular weight is 740 g/mol. The molecule has 0 amide bonds. The minimum atomic E-state index is -0.144. The van der Waals surface area contributed by atoms with Crippen LogP contribution in [0.3, 0.4) is 0 Å². The zero-order valence-electron chi connectivity index (χ0n) is 32.7. The van der Waals surface area contributed by atoms with Gasteiger partial charge in [-0.1, -0.05) is 196 Å². The van der Waals surface area contributed by atoms with Gasteiger partial charge in [-0.25, -0.2) is 0 Å². The SMILES string of the molecule is CC1(C)c2ccccc2-c2c(N(c3ccc4c(c3)-c3ccccc3-c3ccccc3-c3ccccc3-4)c3ccc(-c4ccccc4)cc3-c3ccccc3)cccc21. The Morgan fingerprint density at radius 2 is 0.776 bits per heavy atom. The van der Waals surface area contributed by atoms with Crippen molar-refractivity contribution in [2.45, 2.75) is 19.3 Å². The van der Waals surface area contributed by atoms with Crippen LogP contribution in [0.1, 0.15) is 25.0 Å². The Balaban J connectivity index is 1.23. The first-order valence-electron chi connectivity index (χ1n) is 20.3. The zero-order valence-corrected chi connectivity index (χ0v) is 32.7. The summed E-state index contributed by atoms with van der Waals surface area (Å²) in [5.74, 6) is 0. The van der Waals surface area contributed by atoms with Crippen molar-refractivity contribution in [3.63, 3.8) is 0 Å². The molecule has 2 aliphatic rings. The third kappa shape index (κ3) is 5.31. The molecular weight excluding hydrogens is 699 g/mol. The molecule has 1 heteroatoms. The second-order valence-corrected chi connectivity index (χ2v) is 16.0. The quantitative estimate of drug-likeness (QED) is 0.170. The molecule has 0 saturated heterocycles. The lowest BCUT2D eigenvalue weighted by molar-refractivity contribution is 0.660. The van der Waals surface area contributed by atoms with Crippen molar-refractivity contribution in [1.82, 2.24) is 0 Å². The van der Waals surface area contributed by atoms with Gasteiger partial charge in [0.2, 0.25) is 0 Å². The van der Waals surface area contributed by atoms with E-state index in [9.17, 15) is 0 Å². The number of rotatable bonds is 5. The normalized spacial score (nSPS) is 12.8. The van der Waals surface area contributed by atoms with Gasteiger partial charge in [-0.3, -0.25) is 0 Å². The summed E-state index contributed by atoms with van der Waals surface area (Å²) < 4.78 is 0. The Morgan fingerprint density at radius 1 is 0.293 bits per heavy atom. The Bertz CT molecular complexity index is 3020. The van der Waals surface area contributed by atoms with Crippen molar-refractivity contribution in [2.24, 2.45) is 0 Å². The molecule has 0 unspecified atom stereocenters. The lowest BCUT2D eigenvalue weighted by Crippen LogP contribution is -2.16. The Morgan fingerprint density at radius 3 is 1.38 bits per heavy atom. The molecule has 0 aliphatic heterocycles. The fourth-order valence-corrected chi connectivity index (χ4v) is 9.71. The molecule has 0 spiro atoms. The molecule has 58 heavy (non-hydrogen) atoms. The number of anilines is 3. The van der Waals surface area contributed by atoms with Crippen LogP contribution in [0.15, 0.2) is 212 Å². The van der Waals surface area contributed by atoms with E-state index in [4.69, 9.17) is 0 Å². The predicted molar refractivity (Wildman–Crippen MR) is 245 cm³/mol. The maximum atomic E-state index is 2.54. The molecule has 0 bridgehead atoms. The van der Waals surface area contributed by atoms with Gasteiger partial charge >= 0.3 is 0 Å². The third-order valence-corrected chi connectivity index (χ3v) is 12.5. The second-order valence-electron chi connectivity index (χ2n) is 16.0. The third-order valence-electron chi connectivity index (χ3n) is 12.5. The highest BCUT2D eigenvalue weighted by molar-refractivity contribution is 6.05. The topological polar surface area (TPSA) is 3.24 Å². The predicted octanol–water partition coefficient (Wildman–Crippen LogP) is 15.8. The summed E-state index contributed by atoms with van der Waals surface area (Å²) in [5, 5.41) is 0. The minimum absolute atomic E-state index is 0.144. The molecule has 0 heterocycles. The number of benzene rings is 9. The van der Waals surface area contributed by atoms with Gasteiger partial charge in [0.05, 0.1) is 11.4 Å². The van der Waals surface area contributed by atoms with E-state index < -0.39 is 0 Å². The van der Waals surface area contributed by atoms with Crippen molar-refractivity contribution < 1.29 is 0 Å². The number of hydrogen-bond acceptors (Lipinski definition) is 1. The molecule has 0 saturated carbocycles. The molecule has 0 atom stereocenters. The lowest BCUT2D eigenvalue weighted by Gasteiger charge is -2.32. The standard InChI is InChI=1S/C57H41N/c1-57(2)52-29-16-15-28-49(52)56-53(57)30-17-31-55(56)58(54-35-32-40(38-18-5-3-6-19-38)36-50(54)39-20-7-4-8-21-39)41-33-34-48-46-26-12-11-24-44(46)42-22-9-10-23-43(42)45-25-13-14-27-47(45)51(48)37-41/h3-37H,1-2H3. The summed E-state index contributed by atoms with van der Waals surface area (Å²) in [6, 6.07) is 78.4. The number of fused-ring (bicyclic) bond motifs is 11. The average Bonchev–Trinajstić information content (AvgIpc) is 3.53. The van der Waals surface area contributed by atoms with Gasteiger partial charge in [-0.05, 0) is 108 Å². The Labute approximate surface area is 341 Å². The monoisotopic (exact) mass is 739 g/mol. The first-order chi connectivity index (χ1) is 28.6. The summed E-state index contributed by atoms with van der Waals surface area (Å²) in [6.45, 7) is 4.74. The summed E-state index contributed by atoms with van der Waals surface area (Å²) >= 11 is 0. The summed E-state index contributed by atoms with van der Waals surface area (Å²) in [5.41, 5.74) is 23.2. The van der Waals surface area contributed by atoms with Gasteiger partial charge in [0, 0.05) is 22.2 Å². The van der Waals surface area contributed by atoms with Crippen LogP contribution >= 0.6 is 0 Å². The van der Waals surface area contributed by atoms with Crippen LogP contribution < -0.4 is 4.90 Å². The smallest absolute Gasteiger partial charge is 0.0543 e. The van der Waals surface area contributed by atoms with Crippen LogP contribution in [0.5, 0.6) is 0 Å². The highest BCUT2D eigenvalue weighted by Crippen LogP contribution is 2.56. The van der Waals surface area contributed by atoms with E-state index in [-0.39, 0.29) is 5.41 Å². The molecule has 0 radical (unpaired) electrons. The molecule has 11 rings (SSSR count). The fraction of sp³-hybridized carbons (Fsp3) is 0.0526. The van der Waals surface area contributed by atoms with Gasteiger partial charge in [-0.2, -0.15) is 0 Å². The molecule has 274 valence electrons. The van der Waals surface area contributed by atoms with Crippen LogP contribution in [0.2, 0.25) is 0 Å². The highest BCUT2D eigenvalue weighted by atomic mass is 15.1. The molecular formula is C57H41N. The van der Waals surface area contributed by atoms with E-state index >= 15 is 0 Å². The maximum Gasteiger partial charge on any atom is 0.0543 e. The van der Waals surface area contributed by atoms with Gasteiger partial charge in [0.1, 0.15) is 0 Å². The zero-order chi connectivity index (χ0) is 38.8. The van der Waals surface area contributed by atoms with Crippen LogP contribution in [0.4, 0.5) is 17.1 Å². The van der Waals surface area contributed by atoms with Crippen LogP contribution in [0, 0.1) is 0 Å². The number of nitrogens with zero attached hydrogens (tertiary/aromatic N) is 1. The van der Waals surface area contributed by atoms with E-state index in [1.165, 1.54) is 94.7 Å². The summed E-state index contributed by atoms with van der Waals surface area (Å²) in [6.07, 6.45) is 0. The van der Waals surface area contributed by atoms with Crippen molar-refractivity contribution in [1.29, 1.82) is 0 Å². The minimum Gasteiger partial charge on any atom is -0.309 e. The van der Waals surface area contributed by atoms with E-state index in [0.29, 0.717) is 0 Å². The van der Waals surface area contributed by atoms with E-state index in [0.717, 1.165) is 11.4 Å². The Kier molecular flexibility index (Phi) is 7.91. The molecule has 9 aromatic rings. The number of hydrogen-bond donors (Lipinski definition) is 0. The van der Waals surface area contributed by atoms with Crippen molar-refractivity contribution in [3.05, 3.63) is 223 Å². The van der Waals surface area contributed by atoms with Gasteiger partial charge in [0.15, 0.2) is 0 Å². The lowest BCUT2D eigenvalue weighted by atomic mass is 9.80. The second kappa shape index (κ2) is 13.5. The largest absolute Gasteiger partial charge is 0.309 e. The molecule has 9 aromatic carbocycles. The van der Waals surface area contributed by atoms with E-state index in [1.54, 1.807) is 0 Å². The first kappa shape index (κ1) is 34.1. The molecule has 0 aromatic heterocycles. The molecule has 2 aliphatic carbocycles.